The van der Waals surface area contributed by atoms with E-state index in [1.807, 2.05) is 72.8 Å². The van der Waals surface area contributed by atoms with Crippen LogP contribution in [0.4, 0.5) is 0 Å². The molecule has 4 nitrogen and oxygen atoms in total. The van der Waals surface area contributed by atoms with E-state index < -0.39 is 0 Å². The maximum Gasteiger partial charge on any atom is 0.132 e. The average molecular weight is 382 g/mol. The molecule has 0 spiro atoms. The summed E-state index contributed by atoms with van der Waals surface area (Å²) in [6.45, 7) is 0. The largest absolute Gasteiger partial charge is 0.252 e. The monoisotopic (exact) mass is 382 g/mol. The van der Waals surface area contributed by atoms with Crippen LogP contribution in [-0.4, -0.2) is 19.9 Å². The molecule has 0 aliphatic heterocycles. The Hall–Kier alpha value is -4.54. The quantitative estimate of drug-likeness (QED) is 0.373. The molecule has 3 aromatic carbocycles. The van der Waals surface area contributed by atoms with Crippen LogP contribution in [0.3, 0.4) is 0 Å². The number of benzene rings is 3. The summed E-state index contributed by atoms with van der Waals surface area (Å²) < 4.78 is 0. The van der Waals surface area contributed by atoms with Crippen molar-refractivity contribution in [2.45, 2.75) is 0 Å². The molecule has 2 aromatic heterocycles. The van der Waals surface area contributed by atoms with Gasteiger partial charge in [0.1, 0.15) is 11.4 Å². The van der Waals surface area contributed by atoms with Gasteiger partial charge in [-0.15, -0.1) is 0 Å². The average Bonchev–Trinajstić information content (AvgIpc) is 2.82. The lowest BCUT2D eigenvalue weighted by Crippen LogP contribution is -1.88. The second kappa shape index (κ2) is 7.83. The van der Waals surface area contributed by atoms with Crippen LogP contribution in [0.1, 0.15) is 22.5 Å². The van der Waals surface area contributed by atoms with Crippen LogP contribution < -0.4 is 0 Å². The van der Waals surface area contributed by atoms with Crippen molar-refractivity contribution in [3.63, 3.8) is 0 Å². The molecular formula is C26H14N4. The Morgan fingerprint density at radius 3 is 1.27 bits per heavy atom. The first-order valence-corrected chi connectivity index (χ1v) is 9.41. The zero-order chi connectivity index (χ0) is 20.2. The molecular weight excluding hydrogens is 368 g/mol. The molecule has 0 unspecified atom stereocenters. The summed E-state index contributed by atoms with van der Waals surface area (Å²) in [6, 6.07) is 23.3. The van der Waals surface area contributed by atoms with E-state index in [0.717, 1.165) is 33.2 Å². The molecule has 0 N–H and O–H groups in total. The molecule has 5 aromatic rings. The van der Waals surface area contributed by atoms with Crippen LogP contribution in [-0.2, 0) is 0 Å². The van der Waals surface area contributed by atoms with Crippen molar-refractivity contribution in [1.29, 1.82) is 0 Å². The van der Waals surface area contributed by atoms with Gasteiger partial charge in [-0.2, -0.15) is 0 Å². The van der Waals surface area contributed by atoms with E-state index in [-0.39, 0.29) is 0 Å². The van der Waals surface area contributed by atoms with Gasteiger partial charge in [-0.05, 0) is 60.4 Å². The normalized spacial score (nSPS) is 10.1. The molecule has 30 heavy (non-hydrogen) atoms. The fourth-order valence-corrected chi connectivity index (χ4v) is 2.94. The Kier molecular flexibility index (Phi) is 4.58. The number of nitrogens with zero attached hydrogens (tertiary/aromatic N) is 4. The highest BCUT2D eigenvalue weighted by Gasteiger charge is 1.97. The van der Waals surface area contributed by atoms with E-state index in [2.05, 4.69) is 43.6 Å². The van der Waals surface area contributed by atoms with Gasteiger partial charge in [-0.3, -0.25) is 9.97 Å². The van der Waals surface area contributed by atoms with Crippen molar-refractivity contribution in [1.82, 2.24) is 19.9 Å². The highest BCUT2D eigenvalue weighted by Crippen LogP contribution is 2.09. The number of aromatic nitrogens is 4. The Morgan fingerprint density at radius 1 is 0.433 bits per heavy atom. The van der Waals surface area contributed by atoms with Gasteiger partial charge >= 0.3 is 0 Å². The van der Waals surface area contributed by atoms with Gasteiger partial charge in [-0.25, -0.2) is 9.97 Å². The minimum absolute atomic E-state index is 0.646. The van der Waals surface area contributed by atoms with Crippen LogP contribution in [0.5, 0.6) is 0 Å². The summed E-state index contributed by atoms with van der Waals surface area (Å²) >= 11 is 0. The van der Waals surface area contributed by atoms with Crippen LogP contribution in [0.2, 0.25) is 0 Å². The van der Waals surface area contributed by atoms with Crippen LogP contribution in [0.15, 0.2) is 85.2 Å². The van der Waals surface area contributed by atoms with E-state index in [1.165, 1.54) is 0 Å². The highest BCUT2D eigenvalue weighted by atomic mass is 14.8. The van der Waals surface area contributed by atoms with Crippen LogP contribution in [0.25, 0.3) is 22.1 Å². The lowest BCUT2D eigenvalue weighted by molar-refractivity contribution is 1.26. The van der Waals surface area contributed by atoms with E-state index in [9.17, 15) is 0 Å². The molecule has 0 radical (unpaired) electrons. The number of rotatable bonds is 0. The molecule has 138 valence electrons. The first-order valence-electron chi connectivity index (χ1n) is 9.41. The lowest BCUT2D eigenvalue weighted by Gasteiger charge is -1.96. The van der Waals surface area contributed by atoms with Crippen molar-refractivity contribution in [2.75, 3.05) is 0 Å². The van der Waals surface area contributed by atoms with Gasteiger partial charge in [0, 0.05) is 11.1 Å². The molecule has 0 atom stereocenters. The Balaban J connectivity index is 1.34. The molecule has 4 heteroatoms. The van der Waals surface area contributed by atoms with Gasteiger partial charge < -0.3 is 0 Å². The lowest BCUT2D eigenvalue weighted by atomic mass is 10.1. The third kappa shape index (κ3) is 3.85. The number of fused-ring (bicyclic) bond motifs is 2. The fourth-order valence-electron chi connectivity index (χ4n) is 2.94. The Morgan fingerprint density at radius 2 is 0.833 bits per heavy atom. The van der Waals surface area contributed by atoms with Crippen LogP contribution >= 0.6 is 0 Å². The molecule has 0 saturated carbocycles. The maximum absolute atomic E-state index is 4.52. The second-order valence-electron chi connectivity index (χ2n) is 6.57. The molecule has 2 heterocycles. The van der Waals surface area contributed by atoms with Crippen molar-refractivity contribution >= 4 is 22.1 Å². The van der Waals surface area contributed by atoms with Gasteiger partial charge in [-0.1, -0.05) is 36.1 Å². The zero-order valence-corrected chi connectivity index (χ0v) is 15.9. The Bertz CT molecular complexity index is 1380. The molecule has 0 saturated heterocycles. The summed E-state index contributed by atoms with van der Waals surface area (Å²) in [6.07, 6.45) is 3.39. The van der Waals surface area contributed by atoms with Gasteiger partial charge in [0.05, 0.1) is 34.5 Å². The third-order valence-corrected chi connectivity index (χ3v) is 4.45. The van der Waals surface area contributed by atoms with E-state index in [1.54, 1.807) is 12.4 Å². The molecule has 5 rings (SSSR count). The van der Waals surface area contributed by atoms with E-state index in [4.69, 9.17) is 0 Å². The summed E-state index contributed by atoms with van der Waals surface area (Å²) in [5.41, 5.74) is 6.48. The van der Waals surface area contributed by atoms with Crippen molar-refractivity contribution in [3.05, 3.63) is 108 Å². The molecule has 0 aliphatic rings. The third-order valence-electron chi connectivity index (χ3n) is 4.45. The van der Waals surface area contributed by atoms with Crippen molar-refractivity contribution in [3.8, 4) is 23.7 Å². The molecule has 0 amide bonds. The number of hydrogen-bond donors (Lipinski definition) is 0. The first kappa shape index (κ1) is 17.6. The smallest absolute Gasteiger partial charge is 0.132 e. The number of hydrogen-bond acceptors (Lipinski definition) is 4. The first-order chi connectivity index (χ1) is 14.8. The predicted molar refractivity (Wildman–Crippen MR) is 117 cm³/mol. The SMILES string of the molecule is C(#Cc1cnc2ccccc2n1)c1ccc(C#Cc2cnc3ccccc3n2)cc1. The summed E-state index contributed by atoms with van der Waals surface area (Å²) in [5, 5.41) is 0. The predicted octanol–water partition coefficient (Wildman–Crippen LogP) is 4.37. The van der Waals surface area contributed by atoms with E-state index in [0.29, 0.717) is 11.4 Å². The maximum atomic E-state index is 4.52. The number of para-hydroxylation sites is 4. The molecule has 0 aliphatic carbocycles. The highest BCUT2D eigenvalue weighted by molar-refractivity contribution is 5.74. The zero-order valence-electron chi connectivity index (χ0n) is 15.9. The molecule has 0 bridgehead atoms. The standard InChI is InChI=1S/C26H14N4/c1-3-7-25-23(5-1)27-17-21(29-25)15-13-19-9-11-20(12-10-19)14-16-22-18-28-24-6-2-4-8-26(24)30-22/h1-12,17-18H. The summed E-state index contributed by atoms with van der Waals surface area (Å²) in [7, 11) is 0. The van der Waals surface area contributed by atoms with Gasteiger partial charge in [0.15, 0.2) is 0 Å². The fraction of sp³-hybridized carbons (Fsp3) is 0. The van der Waals surface area contributed by atoms with Gasteiger partial charge in [0.25, 0.3) is 0 Å². The van der Waals surface area contributed by atoms with Crippen molar-refractivity contribution in [2.24, 2.45) is 0 Å². The Labute approximate surface area is 173 Å². The van der Waals surface area contributed by atoms with E-state index >= 15 is 0 Å². The summed E-state index contributed by atoms with van der Waals surface area (Å²) in [4.78, 5) is 17.8. The minimum Gasteiger partial charge on any atom is -0.252 e. The van der Waals surface area contributed by atoms with Gasteiger partial charge in [0.2, 0.25) is 0 Å². The topological polar surface area (TPSA) is 51.6 Å². The molecule has 0 fully saturated rings. The second-order valence-corrected chi connectivity index (χ2v) is 6.57. The summed E-state index contributed by atoms with van der Waals surface area (Å²) in [5.74, 6) is 12.4. The van der Waals surface area contributed by atoms with Crippen molar-refractivity contribution < 1.29 is 0 Å². The minimum atomic E-state index is 0.646. The van der Waals surface area contributed by atoms with Crippen LogP contribution in [0, 0.1) is 23.7 Å².